The van der Waals surface area contributed by atoms with Crippen LogP contribution < -0.4 is 15.8 Å². The van der Waals surface area contributed by atoms with Crippen LogP contribution in [0.3, 0.4) is 0 Å². The molecule has 9 heteroatoms. The van der Waals surface area contributed by atoms with E-state index in [1.54, 1.807) is 30.2 Å². The highest BCUT2D eigenvalue weighted by Crippen LogP contribution is 2.09. The first-order chi connectivity index (χ1) is 12.5. The van der Waals surface area contributed by atoms with Gasteiger partial charge in [0.1, 0.15) is 5.76 Å². The zero-order valence-corrected chi connectivity index (χ0v) is 16.3. The standard InChI is InChI=1S/C17H24N4O3S2/c1-25-12-10-20-17(19-9-8-15-3-2-11-24-15)21-13-14-4-6-16(7-5-14)26(18,22)23/h2-7,11H,8-10,12-13H2,1H3,(H2,18,22,23)(H2,19,20,21). The minimum Gasteiger partial charge on any atom is -0.469 e. The number of primary sulfonamides is 1. The topological polar surface area (TPSA) is 110 Å². The maximum Gasteiger partial charge on any atom is 0.238 e. The van der Waals surface area contributed by atoms with Crippen molar-refractivity contribution < 1.29 is 12.8 Å². The second-order valence-corrected chi connectivity index (χ2v) is 8.08. The summed E-state index contributed by atoms with van der Waals surface area (Å²) in [5.74, 6) is 2.60. The maximum absolute atomic E-state index is 11.3. The van der Waals surface area contributed by atoms with Gasteiger partial charge in [0, 0.05) is 25.3 Å². The third-order valence-corrected chi connectivity index (χ3v) is 5.06. The molecule has 0 spiro atoms. The van der Waals surface area contributed by atoms with E-state index in [0.29, 0.717) is 19.0 Å². The number of nitrogens with one attached hydrogen (secondary N) is 2. The molecule has 0 bridgehead atoms. The van der Waals surface area contributed by atoms with Gasteiger partial charge in [0.2, 0.25) is 10.0 Å². The summed E-state index contributed by atoms with van der Waals surface area (Å²) in [7, 11) is -3.67. The first-order valence-corrected chi connectivity index (χ1v) is 11.1. The Morgan fingerprint density at radius 1 is 1.19 bits per heavy atom. The first kappa shape index (κ1) is 20.3. The molecule has 0 amide bonds. The van der Waals surface area contributed by atoms with Crippen LogP contribution in [0.25, 0.3) is 0 Å². The van der Waals surface area contributed by atoms with Crippen LogP contribution in [0.4, 0.5) is 0 Å². The summed E-state index contributed by atoms with van der Waals surface area (Å²) >= 11 is 1.75. The molecule has 1 aromatic carbocycles. The fourth-order valence-corrected chi connectivity index (χ4v) is 2.98. The number of nitrogens with zero attached hydrogens (tertiary/aromatic N) is 1. The molecule has 7 nitrogen and oxygen atoms in total. The van der Waals surface area contributed by atoms with Crippen molar-refractivity contribution in [1.82, 2.24) is 10.6 Å². The van der Waals surface area contributed by atoms with E-state index in [2.05, 4.69) is 21.9 Å². The number of sulfonamides is 1. The van der Waals surface area contributed by atoms with Crippen molar-refractivity contribution in [3.8, 4) is 0 Å². The minimum absolute atomic E-state index is 0.0973. The molecule has 1 heterocycles. The molecular weight excluding hydrogens is 372 g/mol. The third kappa shape index (κ3) is 7.11. The molecule has 0 fully saturated rings. The van der Waals surface area contributed by atoms with Crippen molar-refractivity contribution in [2.75, 3.05) is 25.1 Å². The van der Waals surface area contributed by atoms with Crippen LogP contribution in [0.5, 0.6) is 0 Å². The van der Waals surface area contributed by atoms with E-state index < -0.39 is 10.0 Å². The molecule has 2 rings (SSSR count). The number of guanidine groups is 1. The van der Waals surface area contributed by atoms with Crippen LogP contribution in [0.2, 0.25) is 0 Å². The Kier molecular flexibility index (Phi) is 8.02. The molecule has 0 saturated heterocycles. The van der Waals surface area contributed by atoms with E-state index in [9.17, 15) is 8.42 Å². The summed E-state index contributed by atoms with van der Waals surface area (Å²) in [6.07, 6.45) is 4.47. The van der Waals surface area contributed by atoms with Crippen molar-refractivity contribution in [1.29, 1.82) is 0 Å². The van der Waals surface area contributed by atoms with Gasteiger partial charge in [0.15, 0.2) is 5.96 Å². The highest BCUT2D eigenvalue weighted by molar-refractivity contribution is 7.98. The zero-order chi connectivity index (χ0) is 18.8. The number of hydrogen-bond acceptors (Lipinski definition) is 5. The zero-order valence-electron chi connectivity index (χ0n) is 14.6. The lowest BCUT2D eigenvalue weighted by atomic mass is 10.2. The molecule has 0 radical (unpaired) electrons. The molecule has 26 heavy (non-hydrogen) atoms. The van der Waals surface area contributed by atoms with Crippen molar-refractivity contribution in [3.63, 3.8) is 0 Å². The molecule has 0 unspecified atom stereocenters. The number of aliphatic imine (C=N–C) groups is 1. The Balaban J connectivity index is 1.94. The van der Waals surface area contributed by atoms with E-state index in [1.165, 1.54) is 12.1 Å². The summed E-state index contributed by atoms with van der Waals surface area (Å²) in [6, 6.07) is 10.2. The summed E-state index contributed by atoms with van der Waals surface area (Å²) in [6.45, 7) is 1.93. The molecule has 0 aliphatic heterocycles. The van der Waals surface area contributed by atoms with Gasteiger partial charge in [0.25, 0.3) is 0 Å². The van der Waals surface area contributed by atoms with Crippen molar-refractivity contribution in [2.45, 2.75) is 17.9 Å². The first-order valence-electron chi connectivity index (χ1n) is 8.14. The molecule has 0 atom stereocenters. The lowest BCUT2D eigenvalue weighted by molar-refractivity contribution is 0.507. The van der Waals surface area contributed by atoms with Gasteiger partial charge in [-0.3, -0.25) is 0 Å². The van der Waals surface area contributed by atoms with E-state index in [0.717, 1.165) is 30.0 Å². The normalized spacial score (nSPS) is 12.2. The Labute approximate surface area is 158 Å². The van der Waals surface area contributed by atoms with Gasteiger partial charge in [0.05, 0.1) is 17.7 Å². The molecule has 1 aromatic heterocycles. The number of rotatable bonds is 9. The lowest BCUT2D eigenvalue weighted by Gasteiger charge is -2.12. The maximum atomic E-state index is 11.3. The van der Waals surface area contributed by atoms with Gasteiger partial charge in [-0.1, -0.05) is 12.1 Å². The average molecular weight is 397 g/mol. The van der Waals surface area contributed by atoms with E-state index in [4.69, 9.17) is 9.56 Å². The highest BCUT2D eigenvalue weighted by atomic mass is 32.2. The molecule has 142 valence electrons. The smallest absolute Gasteiger partial charge is 0.238 e. The van der Waals surface area contributed by atoms with Gasteiger partial charge in [-0.15, -0.1) is 0 Å². The Morgan fingerprint density at radius 3 is 2.54 bits per heavy atom. The molecule has 2 aromatic rings. The fraction of sp³-hybridized carbons (Fsp3) is 0.353. The van der Waals surface area contributed by atoms with Crippen molar-refractivity contribution >= 4 is 27.7 Å². The third-order valence-electron chi connectivity index (χ3n) is 3.51. The van der Waals surface area contributed by atoms with Crippen LogP contribution in [0.1, 0.15) is 11.3 Å². The van der Waals surface area contributed by atoms with Crippen LogP contribution >= 0.6 is 11.8 Å². The molecule has 4 N–H and O–H groups in total. The number of hydrogen-bond donors (Lipinski definition) is 3. The van der Waals surface area contributed by atoms with Crippen molar-refractivity contribution in [3.05, 3.63) is 54.0 Å². The highest BCUT2D eigenvalue weighted by Gasteiger charge is 2.06. The van der Waals surface area contributed by atoms with Gasteiger partial charge in [-0.05, 0) is 36.1 Å². The van der Waals surface area contributed by atoms with Gasteiger partial charge in [-0.25, -0.2) is 18.5 Å². The van der Waals surface area contributed by atoms with Crippen molar-refractivity contribution in [2.24, 2.45) is 10.1 Å². The van der Waals surface area contributed by atoms with Gasteiger partial charge < -0.3 is 15.1 Å². The van der Waals surface area contributed by atoms with E-state index in [1.807, 2.05) is 12.1 Å². The summed E-state index contributed by atoms with van der Waals surface area (Å²) in [5, 5.41) is 11.7. The van der Waals surface area contributed by atoms with Crippen LogP contribution in [-0.2, 0) is 23.0 Å². The number of furan rings is 1. The Morgan fingerprint density at radius 2 is 1.92 bits per heavy atom. The number of benzene rings is 1. The Hall–Kier alpha value is -1.97. The summed E-state index contributed by atoms with van der Waals surface area (Å²) in [5.41, 5.74) is 0.898. The summed E-state index contributed by atoms with van der Waals surface area (Å²) in [4.78, 5) is 4.65. The fourth-order valence-electron chi connectivity index (χ4n) is 2.16. The molecule has 0 saturated carbocycles. The Bertz CT molecular complexity index is 788. The van der Waals surface area contributed by atoms with Crippen LogP contribution in [0.15, 0.2) is 57.0 Å². The quantitative estimate of drug-likeness (QED) is 0.337. The number of thioether (sulfide) groups is 1. The molecule has 0 aliphatic rings. The second-order valence-electron chi connectivity index (χ2n) is 5.53. The average Bonchev–Trinajstić information content (AvgIpc) is 3.12. The van der Waals surface area contributed by atoms with E-state index >= 15 is 0 Å². The molecule has 0 aliphatic carbocycles. The monoisotopic (exact) mass is 396 g/mol. The predicted octanol–water partition coefficient (Wildman–Crippen LogP) is 1.57. The summed E-state index contributed by atoms with van der Waals surface area (Å²) < 4.78 is 27.9. The SMILES string of the molecule is CSCCNC(=NCc1ccc(S(N)(=O)=O)cc1)NCCc1ccco1. The van der Waals surface area contributed by atoms with Crippen LogP contribution in [-0.4, -0.2) is 39.5 Å². The number of nitrogens with two attached hydrogens (primary N) is 1. The largest absolute Gasteiger partial charge is 0.469 e. The van der Waals surface area contributed by atoms with E-state index in [-0.39, 0.29) is 4.90 Å². The lowest BCUT2D eigenvalue weighted by Crippen LogP contribution is -2.39. The second kappa shape index (κ2) is 10.2. The van der Waals surface area contributed by atoms with Crippen LogP contribution in [0, 0.1) is 0 Å². The minimum atomic E-state index is -3.67. The predicted molar refractivity (Wildman–Crippen MR) is 106 cm³/mol. The van der Waals surface area contributed by atoms with Gasteiger partial charge in [-0.2, -0.15) is 11.8 Å². The molecular formula is C17H24N4O3S2. The van der Waals surface area contributed by atoms with Gasteiger partial charge >= 0.3 is 0 Å².